The number of nitriles is 1. The second-order valence-electron chi connectivity index (χ2n) is 3.97. The largest absolute Gasteiger partial charge is 0.330 e. The third-order valence-electron chi connectivity index (χ3n) is 2.72. The molecule has 2 aromatic rings. The van der Waals surface area contributed by atoms with Crippen LogP contribution in [0, 0.1) is 17.1 Å². The van der Waals surface area contributed by atoms with Gasteiger partial charge in [-0.2, -0.15) is 5.26 Å². The number of hydrogen-bond acceptors (Lipinski definition) is 2. The van der Waals surface area contributed by atoms with Gasteiger partial charge in [-0.25, -0.2) is 9.37 Å². The first-order valence-electron chi connectivity index (χ1n) is 5.62. The van der Waals surface area contributed by atoms with Crippen LogP contribution < -0.4 is 0 Å². The van der Waals surface area contributed by atoms with Crippen LogP contribution in [0.25, 0.3) is 0 Å². The summed E-state index contributed by atoms with van der Waals surface area (Å²) in [5.41, 5.74) is 1.83. The Morgan fingerprint density at radius 1 is 1.44 bits per heavy atom. The minimum absolute atomic E-state index is 0.323. The average molecular weight is 239 g/mol. The van der Waals surface area contributed by atoms with Crippen LogP contribution in [0.4, 0.5) is 4.39 Å². The Kier molecular flexibility index (Phi) is 3.78. The summed E-state index contributed by atoms with van der Waals surface area (Å²) in [4.78, 5) is 4.03. The van der Waals surface area contributed by atoms with E-state index in [0.717, 1.165) is 5.69 Å². The highest BCUT2D eigenvalue weighted by Gasteiger charge is 2.07. The molecule has 0 N–H and O–H groups in total. The monoisotopic (exact) mass is 239 g/mol. The van der Waals surface area contributed by atoms with E-state index in [1.807, 2.05) is 10.6 Å². The van der Waals surface area contributed by atoms with Crippen molar-refractivity contribution < 1.29 is 4.39 Å². The van der Waals surface area contributed by atoms with Crippen LogP contribution in [0.2, 0.25) is 6.32 Å². The van der Waals surface area contributed by atoms with Crippen molar-refractivity contribution in [1.29, 1.82) is 5.26 Å². The zero-order valence-electron chi connectivity index (χ0n) is 9.81. The molecule has 0 aliphatic heterocycles. The zero-order valence-corrected chi connectivity index (χ0v) is 9.81. The fourth-order valence-electron chi connectivity index (χ4n) is 1.78. The second kappa shape index (κ2) is 5.50. The molecule has 0 amide bonds. The van der Waals surface area contributed by atoms with E-state index in [-0.39, 0.29) is 5.82 Å². The molecule has 0 fully saturated rings. The average Bonchev–Trinajstić information content (AvgIpc) is 2.80. The lowest BCUT2D eigenvalue weighted by Crippen LogP contribution is -2.05. The van der Waals surface area contributed by atoms with Crippen molar-refractivity contribution in [1.82, 2.24) is 9.55 Å². The van der Waals surface area contributed by atoms with Crippen molar-refractivity contribution >= 4 is 7.85 Å². The molecular formula is C13H11BFN3. The summed E-state index contributed by atoms with van der Waals surface area (Å²) >= 11 is 0. The maximum absolute atomic E-state index is 13.7. The highest BCUT2D eigenvalue weighted by atomic mass is 19.1. The van der Waals surface area contributed by atoms with Crippen molar-refractivity contribution in [2.75, 3.05) is 0 Å². The van der Waals surface area contributed by atoms with Gasteiger partial charge in [0.1, 0.15) is 5.82 Å². The molecule has 0 bridgehead atoms. The van der Waals surface area contributed by atoms with Gasteiger partial charge in [0.2, 0.25) is 0 Å². The predicted octanol–water partition coefficient (Wildman–Crippen LogP) is 2.07. The molecule has 2 radical (unpaired) electrons. The van der Waals surface area contributed by atoms with Gasteiger partial charge in [-0.05, 0) is 18.6 Å². The minimum atomic E-state index is -0.374. The van der Waals surface area contributed by atoms with E-state index >= 15 is 0 Å². The number of hydrogen-bond donors (Lipinski definition) is 0. The molecule has 1 aromatic heterocycles. The van der Waals surface area contributed by atoms with E-state index in [1.54, 1.807) is 24.7 Å². The van der Waals surface area contributed by atoms with E-state index in [4.69, 9.17) is 13.1 Å². The summed E-state index contributed by atoms with van der Waals surface area (Å²) in [6.07, 6.45) is 4.62. The van der Waals surface area contributed by atoms with Crippen LogP contribution in [0.3, 0.4) is 0 Å². The van der Waals surface area contributed by atoms with E-state index in [0.29, 0.717) is 30.4 Å². The molecule has 0 unspecified atom stereocenters. The summed E-state index contributed by atoms with van der Waals surface area (Å²) in [6.45, 7) is 0.396. The Morgan fingerprint density at radius 2 is 2.28 bits per heavy atom. The van der Waals surface area contributed by atoms with Crippen molar-refractivity contribution in [3.05, 3.63) is 53.4 Å². The minimum Gasteiger partial charge on any atom is -0.330 e. The van der Waals surface area contributed by atoms with Gasteiger partial charge in [-0.1, -0.05) is 12.4 Å². The van der Waals surface area contributed by atoms with Crippen molar-refractivity contribution in [2.24, 2.45) is 0 Å². The SMILES string of the molecule is [B]CCc1cncn1Cc1ccc(C#N)cc1F. The lowest BCUT2D eigenvalue weighted by atomic mass is 10.0. The van der Waals surface area contributed by atoms with Gasteiger partial charge in [-0.15, -0.1) is 0 Å². The Balaban J connectivity index is 2.23. The van der Waals surface area contributed by atoms with Crippen molar-refractivity contribution in [3.8, 4) is 6.07 Å². The fraction of sp³-hybridized carbons (Fsp3) is 0.231. The molecule has 88 valence electrons. The molecule has 1 aromatic carbocycles. The second-order valence-corrected chi connectivity index (χ2v) is 3.97. The van der Waals surface area contributed by atoms with E-state index in [9.17, 15) is 4.39 Å². The summed E-state index contributed by atoms with van der Waals surface area (Å²) in [5.74, 6) is -0.374. The third kappa shape index (κ3) is 2.59. The van der Waals surface area contributed by atoms with Crippen molar-refractivity contribution in [2.45, 2.75) is 19.3 Å². The van der Waals surface area contributed by atoms with Gasteiger partial charge >= 0.3 is 0 Å². The van der Waals surface area contributed by atoms with Crippen LogP contribution in [-0.2, 0) is 13.0 Å². The summed E-state index contributed by atoms with van der Waals surface area (Å²) in [5, 5.41) is 8.68. The summed E-state index contributed by atoms with van der Waals surface area (Å²) in [7, 11) is 5.50. The molecule has 2 rings (SSSR count). The number of halogens is 1. The first-order chi connectivity index (χ1) is 8.74. The van der Waals surface area contributed by atoms with Gasteiger partial charge in [0.25, 0.3) is 0 Å². The number of aromatic nitrogens is 2. The third-order valence-corrected chi connectivity index (χ3v) is 2.72. The van der Waals surface area contributed by atoms with Crippen LogP contribution in [0.1, 0.15) is 16.8 Å². The lowest BCUT2D eigenvalue weighted by molar-refractivity contribution is 0.595. The normalized spacial score (nSPS) is 10.2. The molecule has 0 atom stereocenters. The Morgan fingerprint density at radius 3 is 2.94 bits per heavy atom. The maximum Gasteiger partial charge on any atom is 0.129 e. The molecule has 0 aliphatic carbocycles. The molecule has 0 aliphatic rings. The van der Waals surface area contributed by atoms with Crippen molar-refractivity contribution in [3.63, 3.8) is 0 Å². The topological polar surface area (TPSA) is 41.6 Å². The molecule has 0 saturated carbocycles. The van der Waals surface area contributed by atoms with Gasteiger partial charge in [0, 0.05) is 17.5 Å². The van der Waals surface area contributed by atoms with Crippen LogP contribution >= 0.6 is 0 Å². The Labute approximate surface area is 106 Å². The highest BCUT2D eigenvalue weighted by molar-refractivity contribution is 6.08. The summed E-state index contributed by atoms with van der Waals surface area (Å²) in [6, 6.07) is 6.39. The van der Waals surface area contributed by atoms with Gasteiger partial charge < -0.3 is 4.57 Å². The molecule has 0 saturated heterocycles. The molecule has 18 heavy (non-hydrogen) atoms. The molecule has 0 spiro atoms. The Bertz CT molecular complexity index is 586. The number of nitrogens with zero attached hydrogens (tertiary/aromatic N) is 3. The first-order valence-corrected chi connectivity index (χ1v) is 5.62. The van der Waals surface area contributed by atoms with Crippen LogP contribution in [0.15, 0.2) is 30.7 Å². The molecule has 5 heteroatoms. The van der Waals surface area contributed by atoms with Crippen LogP contribution in [0.5, 0.6) is 0 Å². The summed E-state index contributed by atoms with van der Waals surface area (Å²) < 4.78 is 15.6. The number of benzene rings is 1. The lowest BCUT2D eigenvalue weighted by Gasteiger charge is -2.08. The zero-order chi connectivity index (χ0) is 13.0. The maximum atomic E-state index is 13.7. The number of aryl methyl sites for hydroxylation is 1. The Hall–Kier alpha value is -2.09. The molecular weight excluding hydrogens is 228 g/mol. The molecule has 1 heterocycles. The van der Waals surface area contributed by atoms with E-state index in [2.05, 4.69) is 4.98 Å². The quantitative estimate of drug-likeness (QED) is 0.766. The predicted molar refractivity (Wildman–Crippen MR) is 66.7 cm³/mol. The molecule has 3 nitrogen and oxygen atoms in total. The van der Waals surface area contributed by atoms with Gasteiger partial charge in [0.15, 0.2) is 0 Å². The van der Waals surface area contributed by atoms with Gasteiger partial charge in [0.05, 0.1) is 32.4 Å². The van der Waals surface area contributed by atoms with Gasteiger partial charge in [-0.3, -0.25) is 0 Å². The standard InChI is InChI=1S/C13H11BFN3/c14-4-3-12-7-17-9-18(12)8-11-2-1-10(6-16)5-13(11)15/h1-2,5,7,9H,3-4,8H2. The van der Waals surface area contributed by atoms with E-state index in [1.165, 1.54) is 6.07 Å². The number of rotatable bonds is 4. The fourth-order valence-corrected chi connectivity index (χ4v) is 1.78. The van der Waals surface area contributed by atoms with Crippen LogP contribution in [-0.4, -0.2) is 17.4 Å². The number of imidazole rings is 1. The first kappa shape index (κ1) is 12.4. The highest BCUT2D eigenvalue weighted by Crippen LogP contribution is 2.13. The van der Waals surface area contributed by atoms with E-state index < -0.39 is 0 Å². The smallest absolute Gasteiger partial charge is 0.129 e.